The third kappa shape index (κ3) is 4.46. The van der Waals surface area contributed by atoms with E-state index in [1.165, 1.54) is 0 Å². The van der Waals surface area contributed by atoms with E-state index >= 15 is 0 Å². The molecular formula is C21H18N2O3S. The molecule has 0 saturated carbocycles. The number of thiophene rings is 1. The summed E-state index contributed by atoms with van der Waals surface area (Å²) in [6.45, 7) is 2.38. The summed E-state index contributed by atoms with van der Waals surface area (Å²) in [7, 11) is 0. The number of ether oxygens (including phenoxy) is 1. The number of nitrogens with zero attached hydrogens (tertiary/aromatic N) is 1. The molecule has 1 atom stereocenters. The van der Waals surface area contributed by atoms with Crippen molar-refractivity contribution in [1.82, 2.24) is 0 Å². The lowest BCUT2D eigenvalue weighted by atomic mass is 10.0. The van der Waals surface area contributed by atoms with Crippen LogP contribution in [0, 0.1) is 11.3 Å². The topological polar surface area (TPSA) is 82.3 Å². The van der Waals surface area contributed by atoms with E-state index in [4.69, 9.17) is 10.00 Å². The Morgan fingerprint density at radius 2 is 2.04 bits per heavy atom. The Morgan fingerprint density at radius 3 is 2.63 bits per heavy atom. The standard InChI is InChI=1S/C21H18N2O3S/c1-2-26-18-11-15(19-4-3-9-27-19)10-16(12-18)20(21(24)25)23-17-7-5-14(13-22)6-8-17/h3-12,20,23H,2H2,1H3,(H,24,25). The van der Waals surface area contributed by atoms with Crippen LogP contribution in [-0.2, 0) is 4.79 Å². The molecular weight excluding hydrogens is 360 g/mol. The number of carbonyl (C=O) groups is 1. The molecule has 2 N–H and O–H groups in total. The molecule has 0 fully saturated rings. The van der Waals surface area contributed by atoms with Crippen molar-refractivity contribution < 1.29 is 14.6 Å². The first kappa shape index (κ1) is 18.5. The highest BCUT2D eigenvalue weighted by atomic mass is 32.1. The van der Waals surface area contributed by atoms with Crippen molar-refractivity contribution in [1.29, 1.82) is 5.26 Å². The predicted octanol–water partition coefficient (Wildman–Crippen LogP) is 4.92. The van der Waals surface area contributed by atoms with Crippen LogP contribution in [-0.4, -0.2) is 17.7 Å². The molecule has 0 radical (unpaired) electrons. The maximum Gasteiger partial charge on any atom is 0.330 e. The van der Waals surface area contributed by atoms with Crippen LogP contribution >= 0.6 is 11.3 Å². The van der Waals surface area contributed by atoms with Gasteiger partial charge >= 0.3 is 5.97 Å². The van der Waals surface area contributed by atoms with Gasteiger partial charge in [0.15, 0.2) is 6.04 Å². The van der Waals surface area contributed by atoms with Gasteiger partial charge in [-0.3, -0.25) is 0 Å². The first-order chi connectivity index (χ1) is 13.1. The van der Waals surface area contributed by atoms with E-state index in [2.05, 4.69) is 5.32 Å². The molecule has 3 rings (SSSR count). The van der Waals surface area contributed by atoms with E-state index in [1.807, 2.05) is 42.6 Å². The summed E-state index contributed by atoms with van der Waals surface area (Å²) in [5, 5.41) is 23.7. The summed E-state index contributed by atoms with van der Waals surface area (Å²) in [4.78, 5) is 13.0. The Kier molecular flexibility index (Phi) is 5.74. The number of nitrogens with one attached hydrogen (secondary N) is 1. The molecule has 3 aromatic rings. The molecule has 5 nitrogen and oxygen atoms in total. The average molecular weight is 378 g/mol. The quantitative estimate of drug-likeness (QED) is 0.609. The largest absolute Gasteiger partial charge is 0.494 e. The fraction of sp³-hybridized carbons (Fsp3) is 0.143. The number of benzene rings is 2. The predicted molar refractivity (Wildman–Crippen MR) is 106 cm³/mol. The van der Waals surface area contributed by atoms with Crippen molar-refractivity contribution in [2.24, 2.45) is 0 Å². The SMILES string of the molecule is CCOc1cc(-c2cccs2)cc(C(Nc2ccc(C#N)cc2)C(=O)O)c1. The van der Waals surface area contributed by atoms with Crippen molar-refractivity contribution in [3.05, 3.63) is 71.1 Å². The van der Waals surface area contributed by atoms with E-state index in [9.17, 15) is 9.90 Å². The number of carboxylic acid groups (broad SMARTS) is 1. The summed E-state index contributed by atoms with van der Waals surface area (Å²) in [5.74, 6) is -0.364. The number of hydrogen-bond acceptors (Lipinski definition) is 5. The van der Waals surface area contributed by atoms with E-state index in [-0.39, 0.29) is 0 Å². The molecule has 0 aliphatic carbocycles. The van der Waals surface area contributed by atoms with Gasteiger partial charge in [0.05, 0.1) is 18.2 Å². The Labute approximate surface area is 161 Å². The van der Waals surface area contributed by atoms with Crippen LogP contribution in [0.4, 0.5) is 5.69 Å². The molecule has 6 heteroatoms. The van der Waals surface area contributed by atoms with E-state index in [0.717, 1.165) is 10.4 Å². The van der Waals surface area contributed by atoms with Gasteiger partial charge < -0.3 is 15.2 Å². The maximum atomic E-state index is 11.9. The highest BCUT2D eigenvalue weighted by Gasteiger charge is 2.21. The molecule has 0 bridgehead atoms. The van der Waals surface area contributed by atoms with E-state index in [0.29, 0.717) is 29.2 Å². The number of rotatable bonds is 7. The maximum absolute atomic E-state index is 11.9. The van der Waals surface area contributed by atoms with Gasteiger partial charge in [0.2, 0.25) is 0 Å². The van der Waals surface area contributed by atoms with Crippen molar-refractivity contribution in [3.63, 3.8) is 0 Å². The zero-order valence-corrected chi connectivity index (χ0v) is 15.5. The van der Waals surface area contributed by atoms with E-state index < -0.39 is 12.0 Å². The molecule has 1 aromatic heterocycles. The number of anilines is 1. The normalized spacial score (nSPS) is 11.4. The Morgan fingerprint density at radius 1 is 1.26 bits per heavy atom. The Bertz CT molecular complexity index is 960. The molecule has 2 aromatic carbocycles. The highest BCUT2D eigenvalue weighted by Crippen LogP contribution is 2.33. The lowest BCUT2D eigenvalue weighted by Crippen LogP contribution is -2.20. The monoisotopic (exact) mass is 378 g/mol. The second-order valence-corrected chi connectivity index (χ2v) is 6.75. The summed E-state index contributed by atoms with van der Waals surface area (Å²) in [6.07, 6.45) is 0. The fourth-order valence-electron chi connectivity index (χ4n) is 2.72. The molecule has 1 heterocycles. The smallest absolute Gasteiger partial charge is 0.330 e. The van der Waals surface area contributed by atoms with Gasteiger partial charge in [-0.2, -0.15) is 5.26 Å². The van der Waals surface area contributed by atoms with Crippen molar-refractivity contribution in [3.8, 4) is 22.3 Å². The van der Waals surface area contributed by atoms with Crippen LogP contribution in [0.5, 0.6) is 5.75 Å². The Balaban J connectivity index is 1.98. The number of carboxylic acids is 1. The lowest BCUT2D eigenvalue weighted by molar-refractivity contribution is -0.138. The van der Waals surface area contributed by atoms with Gasteiger partial charge in [-0.05, 0) is 72.0 Å². The number of hydrogen-bond donors (Lipinski definition) is 2. The zero-order valence-electron chi connectivity index (χ0n) is 14.7. The van der Waals surface area contributed by atoms with Crippen LogP contribution in [0.15, 0.2) is 60.0 Å². The lowest BCUT2D eigenvalue weighted by Gasteiger charge is -2.18. The van der Waals surface area contributed by atoms with Crippen LogP contribution in [0.1, 0.15) is 24.1 Å². The minimum absolute atomic E-state index is 0.494. The molecule has 0 aliphatic heterocycles. The molecule has 136 valence electrons. The summed E-state index contributed by atoms with van der Waals surface area (Å²) in [6, 6.07) is 17.3. The zero-order chi connectivity index (χ0) is 19.2. The summed E-state index contributed by atoms with van der Waals surface area (Å²) >= 11 is 1.59. The third-order valence-electron chi connectivity index (χ3n) is 3.95. The van der Waals surface area contributed by atoms with E-state index in [1.54, 1.807) is 41.7 Å². The van der Waals surface area contributed by atoms with Crippen molar-refractivity contribution >= 4 is 23.0 Å². The minimum atomic E-state index is -0.995. The minimum Gasteiger partial charge on any atom is -0.494 e. The number of aliphatic carboxylic acids is 1. The second kappa shape index (κ2) is 8.39. The van der Waals surface area contributed by atoms with Gasteiger partial charge in [0.25, 0.3) is 0 Å². The molecule has 0 spiro atoms. The number of nitriles is 1. The molecule has 0 aliphatic rings. The van der Waals surface area contributed by atoms with Gasteiger partial charge in [-0.25, -0.2) is 4.79 Å². The summed E-state index contributed by atoms with van der Waals surface area (Å²) in [5.41, 5.74) is 2.66. The third-order valence-corrected chi connectivity index (χ3v) is 4.87. The highest BCUT2D eigenvalue weighted by molar-refractivity contribution is 7.13. The van der Waals surface area contributed by atoms with Gasteiger partial charge in [-0.15, -0.1) is 11.3 Å². The van der Waals surface area contributed by atoms with Crippen LogP contribution in [0.3, 0.4) is 0 Å². The van der Waals surface area contributed by atoms with Crippen molar-refractivity contribution in [2.75, 3.05) is 11.9 Å². The van der Waals surface area contributed by atoms with Crippen LogP contribution in [0.2, 0.25) is 0 Å². The average Bonchev–Trinajstić information content (AvgIpc) is 3.21. The van der Waals surface area contributed by atoms with Crippen LogP contribution in [0.25, 0.3) is 10.4 Å². The summed E-state index contributed by atoms with van der Waals surface area (Å²) < 4.78 is 5.64. The second-order valence-electron chi connectivity index (χ2n) is 5.81. The van der Waals surface area contributed by atoms with Gasteiger partial charge in [0.1, 0.15) is 5.75 Å². The first-order valence-corrected chi connectivity index (χ1v) is 9.30. The molecule has 0 amide bonds. The molecule has 27 heavy (non-hydrogen) atoms. The van der Waals surface area contributed by atoms with Crippen LogP contribution < -0.4 is 10.1 Å². The van der Waals surface area contributed by atoms with Crippen molar-refractivity contribution in [2.45, 2.75) is 13.0 Å². The van der Waals surface area contributed by atoms with Gasteiger partial charge in [-0.1, -0.05) is 6.07 Å². The fourth-order valence-corrected chi connectivity index (χ4v) is 3.43. The first-order valence-electron chi connectivity index (χ1n) is 8.42. The molecule has 1 unspecified atom stereocenters. The van der Waals surface area contributed by atoms with Gasteiger partial charge in [0, 0.05) is 10.6 Å². The molecule has 0 saturated heterocycles. The Hall–Kier alpha value is -3.30.